The van der Waals surface area contributed by atoms with Gasteiger partial charge in [0, 0.05) is 17.1 Å². The van der Waals surface area contributed by atoms with Gasteiger partial charge >= 0.3 is 5.97 Å². The molecule has 150 valence electrons. The van der Waals surface area contributed by atoms with Gasteiger partial charge in [-0.1, -0.05) is 48.5 Å². The molecule has 0 bridgehead atoms. The van der Waals surface area contributed by atoms with Crippen molar-refractivity contribution in [3.8, 4) is 0 Å². The summed E-state index contributed by atoms with van der Waals surface area (Å²) in [5, 5.41) is 16.8. The Hall–Kier alpha value is -3.16. The second-order valence-electron chi connectivity index (χ2n) is 6.20. The molecule has 2 aromatic carbocycles. The van der Waals surface area contributed by atoms with Gasteiger partial charge in [-0.2, -0.15) is 0 Å². The van der Waals surface area contributed by atoms with E-state index in [-0.39, 0.29) is 25.2 Å². The van der Waals surface area contributed by atoms with Crippen LogP contribution in [0.15, 0.2) is 72.1 Å². The molecule has 0 aliphatic heterocycles. The van der Waals surface area contributed by atoms with Crippen molar-refractivity contribution >= 4 is 28.9 Å². The molecule has 0 aliphatic carbocycles. The van der Waals surface area contributed by atoms with Gasteiger partial charge in [0.25, 0.3) is 5.91 Å². The second kappa shape index (κ2) is 10.4. The van der Waals surface area contributed by atoms with Crippen LogP contribution in [0.5, 0.6) is 0 Å². The summed E-state index contributed by atoms with van der Waals surface area (Å²) in [6, 6.07) is 20.0. The molecule has 0 unspecified atom stereocenters. The van der Waals surface area contributed by atoms with Crippen LogP contribution in [0.3, 0.4) is 0 Å². The molecule has 3 rings (SSSR count). The largest absolute Gasteiger partial charge is 0.452 e. The van der Waals surface area contributed by atoms with Crippen LogP contribution >= 0.6 is 11.3 Å². The predicted octanol–water partition coefficient (Wildman–Crippen LogP) is 3.21. The van der Waals surface area contributed by atoms with Crippen LogP contribution in [0, 0.1) is 0 Å². The molecule has 0 radical (unpaired) electrons. The first-order valence-corrected chi connectivity index (χ1v) is 10.1. The first-order valence-electron chi connectivity index (χ1n) is 9.17. The Kier molecular flexibility index (Phi) is 7.38. The summed E-state index contributed by atoms with van der Waals surface area (Å²) in [7, 11) is 0. The molecule has 0 saturated carbocycles. The van der Waals surface area contributed by atoms with E-state index in [4.69, 9.17) is 9.84 Å². The van der Waals surface area contributed by atoms with Crippen LogP contribution < -0.4 is 10.6 Å². The summed E-state index contributed by atoms with van der Waals surface area (Å²) in [6.45, 7) is -0.137. The Morgan fingerprint density at radius 1 is 1.00 bits per heavy atom. The topological polar surface area (TPSA) is 87.7 Å². The van der Waals surface area contributed by atoms with Gasteiger partial charge in [-0.3, -0.25) is 4.79 Å². The minimum Gasteiger partial charge on any atom is -0.452 e. The maximum absolute atomic E-state index is 12.5. The third-order valence-corrected chi connectivity index (χ3v) is 5.11. The van der Waals surface area contributed by atoms with Crippen molar-refractivity contribution in [3.63, 3.8) is 0 Å². The van der Waals surface area contributed by atoms with Crippen molar-refractivity contribution in [3.05, 3.63) is 88.1 Å². The highest BCUT2D eigenvalue weighted by Gasteiger charge is 2.19. The smallest absolute Gasteiger partial charge is 0.340 e. The lowest BCUT2D eigenvalue weighted by molar-refractivity contribution is -0.124. The minimum absolute atomic E-state index is 0.0601. The number of anilines is 1. The lowest BCUT2D eigenvalue weighted by Gasteiger charge is -2.18. The van der Waals surface area contributed by atoms with Crippen LogP contribution in [-0.2, 0) is 9.53 Å². The lowest BCUT2D eigenvalue weighted by atomic mass is 10.1. The van der Waals surface area contributed by atoms with Gasteiger partial charge in [-0.05, 0) is 29.1 Å². The number of thiophene rings is 1. The average molecular weight is 410 g/mol. The van der Waals surface area contributed by atoms with E-state index in [1.54, 1.807) is 35.6 Å². The standard InChI is InChI=1S/C22H22N2O4S/c25-13-12-23-18-10-5-4-9-17(18)22(27)28-15-20(26)24-21(19-11-6-14-29-19)16-7-2-1-3-8-16/h1-11,14,21,23,25H,12-13,15H2,(H,24,26)/t21-/m1/s1. The van der Waals surface area contributed by atoms with E-state index in [1.165, 1.54) is 0 Å². The summed E-state index contributed by atoms with van der Waals surface area (Å²) < 4.78 is 5.21. The molecule has 29 heavy (non-hydrogen) atoms. The Labute approximate surface area is 173 Å². The zero-order valence-electron chi connectivity index (χ0n) is 15.7. The number of ether oxygens (including phenoxy) is 1. The molecule has 0 aliphatic rings. The van der Waals surface area contributed by atoms with Gasteiger partial charge in [0.15, 0.2) is 6.61 Å². The van der Waals surface area contributed by atoms with Gasteiger partial charge in [0.2, 0.25) is 0 Å². The Balaban J connectivity index is 1.64. The molecule has 0 saturated heterocycles. The number of benzene rings is 2. The predicted molar refractivity (Wildman–Crippen MR) is 113 cm³/mol. The Bertz CT molecular complexity index is 929. The van der Waals surface area contributed by atoms with Gasteiger partial charge in [-0.25, -0.2) is 4.79 Å². The van der Waals surface area contributed by atoms with Gasteiger partial charge < -0.3 is 20.5 Å². The van der Waals surface area contributed by atoms with Crippen LogP contribution in [-0.4, -0.2) is 36.7 Å². The van der Waals surface area contributed by atoms with E-state index in [2.05, 4.69) is 10.6 Å². The van der Waals surface area contributed by atoms with Crippen molar-refractivity contribution in [2.24, 2.45) is 0 Å². The quantitative estimate of drug-likeness (QED) is 0.472. The van der Waals surface area contributed by atoms with E-state index in [1.807, 2.05) is 47.8 Å². The fourth-order valence-electron chi connectivity index (χ4n) is 2.84. The van der Waals surface area contributed by atoms with Gasteiger partial charge in [-0.15, -0.1) is 11.3 Å². The number of hydrogen-bond donors (Lipinski definition) is 3. The summed E-state index contributed by atoms with van der Waals surface area (Å²) in [6.07, 6.45) is 0. The van der Waals surface area contributed by atoms with Crippen molar-refractivity contribution in [2.45, 2.75) is 6.04 Å². The fraction of sp³-hybridized carbons (Fsp3) is 0.182. The van der Waals surface area contributed by atoms with Crippen molar-refractivity contribution < 1.29 is 19.4 Å². The number of hydrogen-bond acceptors (Lipinski definition) is 6. The first kappa shape index (κ1) is 20.6. The molecule has 7 heteroatoms. The molecule has 0 fully saturated rings. The number of carbonyl (C=O) groups excluding carboxylic acids is 2. The molecule has 1 heterocycles. The minimum atomic E-state index is -0.603. The van der Waals surface area contributed by atoms with E-state index in [0.29, 0.717) is 17.8 Å². The van der Waals surface area contributed by atoms with Crippen LogP contribution in [0.2, 0.25) is 0 Å². The van der Waals surface area contributed by atoms with Crippen LogP contribution in [0.25, 0.3) is 0 Å². The molecule has 1 amide bonds. The third-order valence-electron chi connectivity index (χ3n) is 4.17. The number of para-hydroxylation sites is 1. The van der Waals surface area contributed by atoms with E-state index in [0.717, 1.165) is 10.4 Å². The number of esters is 1. The SMILES string of the molecule is O=C(COC(=O)c1ccccc1NCCO)N[C@H](c1ccccc1)c1cccs1. The third kappa shape index (κ3) is 5.66. The van der Waals surface area contributed by atoms with E-state index in [9.17, 15) is 9.59 Å². The van der Waals surface area contributed by atoms with E-state index >= 15 is 0 Å². The molecule has 1 atom stereocenters. The summed E-state index contributed by atoms with van der Waals surface area (Å²) in [4.78, 5) is 25.9. The number of nitrogens with one attached hydrogen (secondary N) is 2. The highest BCUT2D eigenvalue weighted by Crippen LogP contribution is 2.25. The maximum atomic E-state index is 12.5. The number of aliphatic hydroxyl groups excluding tert-OH is 1. The van der Waals surface area contributed by atoms with Gasteiger partial charge in [0.05, 0.1) is 18.2 Å². The normalized spacial score (nSPS) is 11.5. The highest BCUT2D eigenvalue weighted by molar-refractivity contribution is 7.10. The first-order chi connectivity index (χ1) is 14.2. The molecular formula is C22H22N2O4S. The van der Waals surface area contributed by atoms with Crippen molar-refractivity contribution in [1.29, 1.82) is 0 Å². The lowest BCUT2D eigenvalue weighted by Crippen LogP contribution is -2.32. The highest BCUT2D eigenvalue weighted by atomic mass is 32.1. The Morgan fingerprint density at radius 2 is 1.76 bits per heavy atom. The van der Waals surface area contributed by atoms with Crippen LogP contribution in [0.4, 0.5) is 5.69 Å². The molecule has 3 aromatic rings. The van der Waals surface area contributed by atoms with Gasteiger partial charge in [0.1, 0.15) is 0 Å². The molecule has 1 aromatic heterocycles. The molecule has 6 nitrogen and oxygen atoms in total. The monoisotopic (exact) mass is 410 g/mol. The summed E-state index contributed by atoms with van der Waals surface area (Å²) >= 11 is 1.55. The van der Waals surface area contributed by atoms with Crippen molar-refractivity contribution in [2.75, 3.05) is 25.1 Å². The average Bonchev–Trinajstić information content (AvgIpc) is 3.29. The molecule has 0 spiro atoms. The maximum Gasteiger partial charge on any atom is 0.340 e. The zero-order valence-corrected chi connectivity index (χ0v) is 16.5. The summed E-state index contributed by atoms with van der Waals surface area (Å²) in [5.74, 6) is -0.991. The fourth-order valence-corrected chi connectivity index (χ4v) is 3.64. The number of carbonyl (C=O) groups is 2. The van der Waals surface area contributed by atoms with Crippen molar-refractivity contribution in [1.82, 2.24) is 5.32 Å². The number of amides is 1. The second-order valence-corrected chi connectivity index (χ2v) is 7.18. The molecular weight excluding hydrogens is 388 g/mol. The van der Waals surface area contributed by atoms with Crippen LogP contribution in [0.1, 0.15) is 26.8 Å². The number of aliphatic hydroxyl groups is 1. The summed E-state index contributed by atoms with van der Waals surface area (Å²) in [5.41, 5.74) is 1.81. The zero-order chi connectivity index (χ0) is 20.5. The molecule has 3 N–H and O–H groups in total. The number of rotatable bonds is 9. The van der Waals surface area contributed by atoms with E-state index < -0.39 is 5.97 Å². The Morgan fingerprint density at radius 3 is 2.48 bits per heavy atom.